The topological polar surface area (TPSA) is 47.0 Å². The minimum Gasteiger partial charge on any atom is -0.275 e. The van der Waals surface area contributed by atoms with Crippen molar-refractivity contribution >= 4 is 16.9 Å². The molecular formula is C7H7NO2P2. The van der Waals surface area contributed by atoms with Crippen molar-refractivity contribution in [2.24, 2.45) is 0 Å². The van der Waals surface area contributed by atoms with Crippen LogP contribution in [-0.4, -0.2) is 4.98 Å². The normalized spacial score (nSPS) is 10.7. The van der Waals surface area contributed by atoms with Gasteiger partial charge in [-0.1, -0.05) is 6.07 Å². The van der Waals surface area contributed by atoms with Gasteiger partial charge in [0.2, 0.25) is 0 Å². The van der Waals surface area contributed by atoms with Gasteiger partial charge in [-0.3, -0.25) is 14.1 Å². The maximum absolute atomic E-state index is 10.2. The third-order valence-electron chi connectivity index (χ3n) is 1.32. The average Bonchev–Trinajstić information content (AvgIpc) is 2.06. The van der Waals surface area contributed by atoms with E-state index >= 15 is 0 Å². The van der Waals surface area contributed by atoms with Gasteiger partial charge >= 0.3 is 0 Å². The Hall–Kier alpha value is -0.650. The summed E-state index contributed by atoms with van der Waals surface area (Å²) in [4.78, 5) is 4.14. The Labute approximate surface area is 73.6 Å². The van der Waals surface area contributed by atoms with Crippen molar-refractivity contribution in [3.8, 4) is 0 Å². The van der Waals surface area contributed by atoms with E-state index in [0.29, 0.717) is 12.3 Å². The summed E-state index contributed by atoms with van der Waals surface area (Å²) in [5.41, 5.74) is 1.54. The highest BCUT2D eigenvalue weighted by Crippen LogP contribution is 2.10. The maximum atomic E-state index is 10.2. The first kappa shape index (κ1) is 9.44. The van der Waals surface area contributed by atoms with Crippen molar-refractivity contribution in [3.05, 3.63) is 29.6 Å². The van der Waals surface area contributed by atoms with E-state index in [1.54, 1.807) is 12.1 Å². The molecule has 0 aromatic carbocycles. The van der Waals surface area contributed by atoms with Crippen LogP contribution in [0.15, 0.2) is 18.2 Å². The Morgan fingerprint density at radius 1 is 1.08 bits per heavy atom. The molecule has 0 unspecified atom stereocenters. The fraction of sp³-hybridized carbons (Fsp3) is 0.286. The Kier molecular flexibility index (Phi) is 3.99. The van der Waals surface area contributed by atoms with Crippen LogP contribution in [-0.2, 0) is 21.5 Å². The van der Waals surface area contributed by atoms with E-state index in [2.05, 4.69) is 4.98 Å². The number of hydrogen-bond acceptors (Lipinski definition) is 3. The van der Waals surface area contributed by atoms with E-state index in [0.717, 1.165) is 11.4 Å². The highest BCUT2D eigenvalue weighted by Gasteiger charge is 1.96. The van der Waals surface area contributed by atoms with Gasteiger partial charge < -0.3 is 0 Å². The molecular weight excluding hydrogens is 192 g/mol. The molecule has 0 atom stereocenters. The third-order valence-corrected chi connectivity index (χ3v) is 2.22. The molecule has 0 saturated carbocycles. The zero-order valence-corrected chi connectivity index (χ0v) is 8.09. The standard InChI is InChI=1S/C7H7NO2P2/c9-11-4-6-2-1-3-7(8-6)5-12-10/h1-3H,4-5H2. The molecule has 0 amide bonds. The van der Waals surface area contributed by atoms with Gasteiger partial charge in [-0.2, -0.15) is 0 Å². The Morgan fingerprint density at radius 2 is 1.58 bits per heavy atom. The summed E-state index contributed by atoms with van der Waals surface area (Å²) in [5, 5.41) is 0. The van der Waals surface area contributed by atoms with Crippen LogP contribution in [0.4, 0.5) is 0 Å². The van der Waals surface area contributed by atoms with Gasteiger partial charge in [0.15, 0.2) is 16.9 Å². The van der Waals surface area contributed by atoms with Gasteiger partial charge in [0.25, 0.3) is 0 Å². The lowest BCUT2D eigenvalue weighted by Crippen LogP contribution is -1.89. The zero-order chi connectivity index (χ0) is 8.81. The molecule has 5 heteroatoms. The smallest absolute Gasteiger partial charge is 0.161 e. The molecule has 1 aromatic rings. The fourth-order valence-corrected chi connectivity index (χ4v) is 1.45. The molecule has 0 aliphatic rings. The molecule has 0 saturated heterocycles. The van der Waals surface area contributed by atoms with Gasteiger partial charge in [0.1, 0.15) is 0 Å². The summed E-state index contributed by atoms with van der Waals surface area (Å²) < 4.78 is 20.5. The number of rotatable bonds is 4. The van der Waals surface area contributed by atoms with Crippen LogP contribution >= 0.6 is 16.9 Å². The van der Waals surface area contributed by atoms with Crippen molar-refractivity contribution in [2.45, 2.75) is 12.3 Å². The Bertz CT molecular complexity index is 265. The molecule has 12 heavy (non-hydrogen) atoms. The molecule has 0 radical (unpaired) electrons. The highest BCUT2D eigenvalue weighted by atomic mass is 31.1. The molecule has 1 heterocycles. The van der Waals surface area contributed by atoms with Crippen molar-refractivity contribution in [1.29, 1.82) is 0 Å². The van der Waals surface area contributed by atoms with Crippen LogP contribution in [0, 0.1) is 0 Å². The second kappa shape index (κ2) is 5.08. The van der Waals surface area contributed by atoms with Gasteiger partial charge in [-0.05, 0) is 12.1 Å². The molecule has 0 fully saturated rings. The van der Waals surface area contributed by atoms with E-state index in [1.165, 1.54) is 0 Å². The largest absolute Gasteiger partial charge is 0.275 e. The molecule has 1 aromatic heterocycles. The van der Waals surface area contributed by atoms with Crippen molar-refractivity contribution in [1.82, 2.24) is 4.98 Å². The monoisotopic (exact) mass is 199 g/mol. The van der Waals surface area contributed by atoms with E-state index in [-0.39, 0.29) is 16.9 Å². The van der Waals surface area contributed by atoms with E-state index in [4.69, 9.17) is 0 Å². The minimum absolute atomic E-state index is 0.0647. The van der Waals surface area contributed by atoms with Gasteiger partial charge in [0, 0.05) is 0 Å². The van der Waals surface area contributed by atoms with Gasteiger partial charge in [-0.25, -0.2) is 0 Å². The second-order valence-electron chi connectivity index (χ2n) is 2.19. The summed E-state index contributed by atoms with van der Waals surface area (Å²) in [7, 11) is 0.129. The van der Waals surface area contributed by atoms with Crippen molar-refractivity contribution in [2.75, 3.05) is 0 Å². The van der Waals surface area contributed by atoms with E-state index < -0.39 is 0 Å². The maximum Gasteiger partial charge on any atom is 0.161 e. The summed E-state index contributed by atoms with van der Waals surface area (Å²) in [6.07, 6.45) is 0.840. The highest BCUT2D eigenvalue weighted by molar-refractivity contribution is 7.22. The van der Waals surface area contributed by atoms with Crippen LogP contribution in [0.1, 0.15) is 11.4 Å². The first-order valence-corrected chi connectivity index (χ1v) is 5.39. The van der Waals surface area contributed by atoms with E-state index in [1.807, 2.05) is 6.07 Å². The first-order valence-electron chi connectivity index (χ1n) is 3.40. The quantitative estimate of drug-likeness (QED) is 0.700. The van der Waals surface area contributed by atoms with Gasteiger partial charge in [-0.15, -0.1) is 0 Å². The molecule has 0 spiro atoms. The molecule has 3 nitrogen and oxygen atoms in total. The summed E-state index contributed by atoms with van der Waals surface area (Å²) in [5.74, 6) is 0. The average molecular weight is 199 g/mol. The number of pyridine rings is 1. The van der Waals surface area contributed by atoms with Crippen LogP contribution < -0.4 is 0 Å². The van der Waals surface area contributed by atoms with E-state index in [9.17, 15) is 9.13 Å². The number of aromatic nitrogens is 1. The number of nitrogens with zero attached hydrogens (tertiary/aromatic N) is 1. The Morgan fingerprint density at radius 3 is 2.00 bits per heavy atom. The molecule has 0 N–H and O–H groups in total. The zero-order valence-electron chi connectivity index (χ0n) is 6.30. The molecule has 0 aliphatic heterocycles. The van der Waals surface area contributed by atoms with Gasteiger partial charge in [0.05, 0.1) is 23.7 Å². The SMILES string of the molecule is O=PCc1cccc(CP=O)n1. The molecule has 62 valence electrons. The molecule has 0 aliphatic carbocycles. The molecule has 0 bridgehead atoms. The van der Waals surface area contributed by atoms with Crippen LogP contribution in [0.5, 0.6) is 0 Å². The predicted octanol–water partition coefficient (Wildman–Crippen LogP) is 2.67. The van der Waals surface area contributed by atoms with Crippen molar-refractivity contribution in [3.63, 3.8) is 0 Å². The summed E-state index contributed by atoms with van der Waals surface area (Å²) in [6.45, 7) is 0. The lowest BCUT2D eigenvalue weighted by molar-refractivity contribution is 0.597. The Balaban J connectivity index is 2.79. The van der Waals surface area contributed by atoms with Crippen LogP contribution in [0.2, 0.25) is 0 Å². The lowest BCUT2D eigenvalue weighted by atomic mass is 10.3. The second-order valence-corrected chi connectivity index (χ2v) is 3.34. The fourth-order valence-electron chi connectivity index (χ4n) is 0.838. The molecule has 1 rings (SSSR count). The lowest BCUT2D eigenvalue weighted by Gasteiger charge is -1.96. The summed E-state index contributed by atoms with van der Waals surface area (Å²) in [6, 6.07) is 5.43. The van der Waals surface area contributed by atoms with Crippen LogP contribution in [0.3, 0.4) is 0 Å². The van der Waals surface area contributed by atoms with Crippen molar-refractivity contribution < 1.29 is 9.13 Å². The minimum atomic E-state index is 0.0647. The first-order chi connectivity index (χ1) is 5.86. The predicted molar refractivity (Wildman–Crippen MR) is 46.9 cm³/mol. The third kappa shape index (κ3) is 2.77. The number of hydrogen-bond donors (Lipinski definition) is 0. The van der Waals surface area contributed by atoms with Crippen LogP contribution in [0.25, 0.3) is 0 Å². The summed E-state index contributed by atoms with van der Waals surface area (Å²) >= 11 is 0.